The number of benzene rings is 2. The predicted molar refractivity (Wildman–Crippen MR) is 71.5 cm³/mol. The highest BCUT2D eigenvalue weighted by Gasteiger charge is 2.14. The average molecular weight is 296 g/mol. The van der Waals surface area contributed by atoms with E-state index >= 15 is 0 Å². The van der Waals surface area contributed by atoms with Gasteiger partial charge in [-0.3, -0.25) is 10.1 Å². The molecule has 0 aliphatic heterocycles. The molecular formula is C14H11F3N2O2. The van der Waals surface area contributed by atoms with Crippen LogP contribution in [0.15, 0.2) is 30.3 Å². The monoisotopic (exact) mass is 296 g/mol. The first kappa shape index (κ1) is 14.8. The van der Waals surface area contributed by atoms with Crippen LogP contribution >= 0.6 is 0 Å². The third-order valence-electron chi connectivity index (χ3n) is 2.94. The van der Waals surface area contributed by atoms with Crippen LogP contribution in [-0.2, 0) is 6.54 Å². The molecule has 7 heteroatoms. The van der Waals surface area contributed by atoms with Gasteiger partial charge in [-0.25, -0.2) is 8.78 Å². The summed E-state index contributed by atoms with van der Waals surface area (Å²) in [5.74, 6) is -2.17. The summed E-state index contributed by atoms with van der Waals surface area (Å²) < 4.78 is 40.4. The molecule has 0 heterocycles. The van der Waals surface area contributed by atoms with E-state index in [0.717, 1.165) is 24.3 Å². The van der Waals surface area contributed by atoms with Gasteiger partial charge in [0.15, 0.2) is 0 Å². The van der Waals surface area contributed by atoms with Crippen molar-refractivity contribution in [2.75, 3.05) is 5.32 Å². The van der Waals surface area contributed by atoms with Gasteiger partial charge in [0, 0.05) is 18.7 Å². The molecule has 0 amide bonds. The van der Waals surface area contributed by atoms with E-state index in [1.807, 2.05) is 0 Å². The van der Waals surface area contributed by atoms with Crippen molar-refractivity contribution in [2.24, 2.45) is 0 Å². The quantitative estimate of drug-likeness (QED) is 0.687. The highest BCUT2D eigenvalue weighted by atomic mass is 19.1. The SMILES string of the molecule is Cc1cc(F)c(NCc2ccc([N+](=O)[O-])c(F)c2)cc1F. The van der Waals surface area contributed by atoms with Gasteiger partial charge in [-0.15, -0.1) is 0 Å². The minimum Gasteiger partial charge on any atom is -0.379 e. The Kier molecular flexibility index (Phi) is 4.11. The third-order valence-corrected chi connectivity index (χ3v) is 2.94. The van der Waals surface area contributed by atoms with Gasteiger partial charge in [-0.2, -0.15) is 4.39 Å². The van der Waals surface area contributed by atoms with E-state index in [4.69, 9.17) is 0 Å². The van der Waals surface area contributed by atoms with Gasteiger partial charge < -0.3 is 5.32 Å². The van der Waals surface area contributed by atoms with Crippen molar-refractivity contribution in [3.05, 3.63) is 69.0 Å². The molecule has 2 aromatic carbocycles. The van der Waals surface area contributed by atoms with Gasteiger partial charge in [-0.05, 0) is 30.2 Å². The molecule has 4 nitrogen and oxygen atoms in total. The van der Waals surface area contributed by atoms with Crippen LogP contribution in [0.2, 0.25) is 0 Å². The second kappa shape index (κ2) is 5.82. The summed E-state index contributed by atoms with van der Waals surface area (Å²) >= 11 is 0. The first-order valence-corrected chi connectivity index (χ1v) is 6.01. The van der Waals surface area contributed by atoms with Crippen LogP contribution < -0.4 is 5.32 Å². The summed E-state index contributed by atoms with van der Waals surface area (Å²) in [4.78, 5) is 9.65. The first-order valence-electron chi connectivity index (χ1n) is 6.01. The largest absolute Gasteiger partial charge is 0.379 e. The summed E-state index contributed by atoms with van der Waals surface area (Å²) in [6.45, 7) is 1.45. The maximum atomic E-state index is 13.6. The van der Waals surface area contributed by atoms with Crippen molar-refractivity contribution in [3.8, 4) is 0 Å². The summed E-state index contributed by atoms with van der Waals surface area (Å²) in [6, 6.07) is 5.41. The van der Waals surface area contributed by atoms with Crippen molar-refractivity contribution in [2.45, 2.75) is 13.5 Å². The summed E-state index contributed by atoms with van der Waals surface area (Å²) in [6.07, 6.45) is 0. The van der Waals surface area contributed by atoms with Crippen molar-refractivity contribution >= 4 is 11.4 Å². The number of nitro benzene ring substituents is 1. The standard InChI is InChI=1S/C14H11F3N2O2/c1-8-4-11(16)13(6-10(8)15)18-7-9-2-3-14(19(20)21)12(17)5-9/h2-6,18H,7H2,1H3. The van der Waals surface area contributed by atoms with Gasteiger partial charge in [0.05, 0.1) is 10.6 Å². The molecule has 0 spiro atoms. The fourth-order valence-corrected chi connectivity index (χ4v) is 1.79. The molecule has 0 bridgehead atoms. The molecule has 110 valence electrons. The van der Waals surface area contributed by atoms with Crippen molar-refractivity contribution in [1.29, 1.82) is 0 Å². The van der Waals surface area contributed by atoms with Gasteiger partial charge >= 0.3 is 5.69 Å². The lowest BCUT2D eigenvalue weighted by Gasteiger charge is -2.09. The van der Waals surface area contributed by atoms with E-state index in [0.29, 0.717) is 5.56 Å². The molecule has 0 radical (unpaired) electrons. The van der Waals surface area contributed by atoms with Crippen LogP contribution in [0.3, 0.4) is 0 Å². The predicted octanol–water partition coefficient (Wildman–Crippen LogP) is 3.93. The number of hydrogen-bond acceptors (Lipinski definition) is 3. The van der Waals surface area contributed by atoms with Crippen LogP contribution in [0, 0.1) is 34.5 Å². The molecular weight excluding hydrogens is 285 g/mol. The second-order valence-electron chi connectivity index (χ2n) is 4.48. The second-order valence-corrected chi connectivity index (χ2v) is 4.48. The van der Waals surface area contributed by atoms with Gasteiger partial charge in [0.2, 0.25) is 5.82 Å². The number of nitrogens with zero attached hydrogens (tertiary/aromatic N) is 1. The third kappa shape index (κ3) is 3.31. The van der Waals surface area contributed by atoms with Crippen molar-refractivity contribution < 1.29 is 18.1 Å². The Balaban J connectivity index is 2.15. The summed E-state index contributed by atoms with van der Waals surface area (Å²) in [7, 11) is 0. The number of anilines is 1. The molecule has 1 N–H and O–H groups in total. The Labute approximate surface area is 118 Å². The molecule has 21 heavy (non-hydrogen) atoms. The first-order chi connectivity index (χ1) is 9.88. The molecule has 2 rings (SSSR count). The molecule has 0 unspecified atom stereocenters. The molecule has 0 atom stereocenters. The van der Waals surface area contributed by atoms with Crippen LogP contribution in [-0.4, -0.2) is 4.92 Å². The number of nitrogens with one attached hydrogen (secondary N) is 1. The zero-order chi connectivity index (χ0) is 15.6. The lowest BCUT2D eigenvalue weighted by Crippen LogP contribution is -2.04. The van der Waals surface area contributed by atoms with Gasteiger partial charge in [-0.1, -0.05) is 6.07 Å². The molecule has 0 fully saturated rings. The minimum atomic E-state index is -0.977. The Hall–Kier alpha value is -2.57. The molecule has 0 aliphatic carbocycles. The Morgan fingerprint density at radius 1 is 1.10 bits per heavy atom. The fourth-order valence-electron chi connectivity index (χ4n) is 1.79. The minimum absolute atomic E-state index is 0.00827. The number of nitro groups is 1. The van der Waals surface area contributed by atoms with Crippen molar-refractivity contribution in [3.63, 3.8) is 0 Å². The number of rotatable bonds is 4. The molecule has 0 aliphatic rings. The van der Waals surface area contributed by atoms with Crippen LogP contribution in [0.1, 0.15) is 11.1 Å². The van der Waals surface area contributed by atoms with Gasteiger partial charge in [0.1, 0.15) is 11.6 Å². The number of halogens is 3. The smallest absolute Gasteiger partial charge is 0.304 e. The normalized spacial score (nSPS) is 10.5. The Bertz CT molecular complexity index is 705. The van der Waals surface area contributed by atoms with E-state index in [2.05, 4.69) is 5.32 Å². The topological polar surface area (TPSA) is 55.2 Å². The Morgan fingerprint density at radius 3 is 2.43 bits per heavy atom. The van der Waals surface area contributed by atoms with Gasteiger partial charge in [0.25, 0.3) is 0 Å². The van der Waals surface area contributed by atoms with E-state index in [-0.39, 0.29) is 17.8 Å². The van der Waals surface area contributed by atoms with Crippen LogP contribution in [0.5, 0.6) is 0 Å². The lowest BCUT2D eigenvalue weighted by atomic mass is 10.1. The van der Waals surface area contributed by atoms with E-state index in [1.54, 1.807) is 0 Å². The fraction of sp³-hybridized carbons (Fsp3) is 0.143. The van der Waals surface area contributed by atoms with Crippen LogP contribution in [0.25, 0.3) is 0 Å². The average Bonchev–Trinajstić information content (AvgIpc) is 2.41. The highest BCUT2D eigenvalue weighted by molar-refractivity contribution is 5.47. The number of aryl methyl sites for hydroxylation is 1. The van der Waals surface area contributed by atoms with E-state index in [1.165, 1.54) is 13.0 Å². The zero-order valence-corrected chi connectivity index (χ0v) is 11.0. The Morgan fingerprint density at radius 2 is 1.81 bits per heavy atom. The van der Waals surface area contributed by atoms with E-state index < -0.39 is 28.1 Å². The highest BCUT2D eigenvalue weighted by Crippen LogP contribution is 2.21. The lowest BCUT2D eigenvalue weighted by molar-refractivity contribution is -0.387. The van der Waals surface area contributed by atoms with E-state index in [9.17, 15) is 23.3 Å². The molecule has 2 aromatic rings. The summed E-state index contributed by atoms with van der Waals surface area (Å²) in [5.41, 5.74) is -0.138. The van der Waals surface area contributed by atoms with Crippen LogP contribution in [0.4, 0.5) is 24.5 Å². The van der Waals surface area contributed by atoms with Crippen molar-refractivity contribution in [1.82, 2.24) is 0 Å². The maximum Gasteiger partial charge on any atom is 0.304 e. The zero-order valence-electron chi connectivity index (χ0n) is 11.0. The summed E-state index contributed by atoms with van der Waals surface area (Å²) in [5, 5.41) is 13.1. The molecule has 0 saturated carbocycles. The number of hydrogen-bond donors (Lipinski definition) is 1. The molecule has 0 saturated heterocycles. The molecule has 0 aromatic heterocycles. The maximum absolute atomic E-state index is 13.6.